The summed E-state index contributed by atoms with van der Waals surface area (Å²) in [5, 5.41) is 9.08. The van der Waals surface area contributed by atoms with E-state index in [0.29, 0.717) is 10.5 Å². The lowest BCUT2D eigenvalue weighted by Gasteiger charge is -1.98. The first-order valence-electron chi connectivity index (χ1n) is 4.00. The lowest BCUT2D eigenvalue weighted by molar-refractivity contribution is 0.0695. The number of hydrogen-bond acceptors (Lipinski definition) is 3. The van der Waals surface area contributed by atoms with Crippen LogP contribution in [0.5, 0.6) is 0 Å². The SMILES string of the molecule is O=C(O)c1c[nH]c2cc(Cl)cnc2c1=O. The number of aromatic amines is 1. The Morgan fingerprint density at radius 3 is 2.93 bits per heavy atom. The Morgan fingerprint density at radius 2 is 2.27 bits per heavy atom. The fraction of sp³-hybridized carbons (Fsp3) is 0. The third-order valence-corrected chi connectivity index (χ3v) is 2.12. The van der Waals surface area contributed by atoms with E-state index < -0.39 is 11.4 Å². The summed E-state index contributed by atoms with van der Waals surface area (Å²) in [6.45, 7) is 0. The Morgan fingerprint density at radius 1 is 1.53 bits per heavy atom. The van der Waals surface area contributed by atoms with Gasteiger partial charge in [-0.15, -0.1) is 0 Å². The van der Waals surface area contributed by atoms with Crippen molar-refractivity contribution in [3.05, 3.63) is 39.3 Å². The highest BCUT2D eigenvalue weighted by molar-refractivity contribution is 6.31. The first-order valence-corrected chi connectivity index (χ1v) is 4.37. The predicted molar refractivity (Wildman–Crippen MR) is 54.3 cm³/mol. The molecular formula is C9H5ClN2O3. The number of halogens is 1. The van der Waals surface area contributed by atoms with Crippen molar-refractivity contribution in [2.75, 3.05) is 0 Å². The lowest BCUT2D eigenvalue weighted by Crippen LogP contribution is -2.16. The van der Waals surface area contributed by atoms with Crippen molar-refractivity contribution in [2.24, 2.45) is 0 Å². The van der Waals surface area contributed by atoms with Gasteiger partial charge in [0.25, 0.3) is 0 Å². The maximum atomic E-state index is 11.6. The van der Waals surface area contributed by atoms with E-state index in [4.69, 9.17) is 16.7 Å². The van der Waals surface area contributed by atoms with E-state index in [0.717, 1.165) is 6.20 Å². The third-order valence-electron chi connectivity index (χ3n) is 1.92. The molecule has 0 amide bonds. The average molecular weight is 225 g/mol. The second kappa shape index (κ2) is 3.36. The highest BCUT2D eigenvalue weighted by atomic mass is 35.5. The fourth-order valence-electron chi connectivity index (χ4n) is 1.23. The van der Waals surface area contributed by atoms with Crippen molar-refractivity contribution in [3.63, 3.8) is 0 Å². The molecule has 0 aliphatic carbocycles. The molecule has 0 bridgehead atoms. The van der Waals surface area contributed by atoms with Crippen LogP contribution in [0.15, 0.2) is 23.3 Å². The van der Waals surface area contributed by atoms with Crippen LogP contribution in [0.2, 0.25) is 5.02 Å². The van der Waals surface area contributed by atoms with Crippen molar-refractivity contribution < 1.29 is 9.90 Å². The molecule has 5 nitrogen and oxygen atoms in total. The molecule has 0 unspecified atom stereocenters. The summed E-state index contributed by atoms with van der Waals surface area (Å²) < 4.78 is 0. The molecule has 2 aromatic rings. The van der Waals surface area contributed by atoms with Gasteiger partial charge in [-0.2, -0.15) is 0 Å². The van der Waals surface area contributed by atoms with Crippen molar-refractivity contribution in [3.8, 4) is 0 Å². The molecule has 6 heteroatoms. The fourth-order valence-corrected chi connectivity index (χ4v) is 1.39. The molecule has 0 atom stereocenters. The highest BCUT2D eigenvalue weighted by Gasteiger charge is 2.11. The molecule has 2 heterocycles. The molecule has 0 fully saturated rings. The van der Waals surface area contributed by atoms with Gasteiger partial charge in [0.1, 0.15) is 11.1 Å². The second-order valence-electron chi connectivity index (χ2n) is 2.89. The molecule has 0 aromatic carbocycles. The molecule has 0 aliphatic heterocycles. The van der Waals surface area contributed by atoms with Gasteiger partial charge >= 0.3 is 5.97 Å². The van der Waals surface area contributed by atoms with Gasteiger partial charge in [-0.1, -0.05) is 11.6 Å². The lowest BCUT2D eigenvalue weighted by atomic mass is 10.2. The second-order valence-corrected chi connectivity index (χ2v) is 3.32. The van der Waals surface area contributed by atoms with Gasteiger partial charge in [0.05, 0.1) is 10.5 Å². The van der Waals surface area contributed by atoms with Crippen LogP contribution in [0, 0.1) is 0 Å². The summed E-state index contributed by atoms with van der Waals surface area (Å²) in [5.41, 5.74) is -0.470. The van der Waals surface area contributed by atoms with Crippen LogP contribution >= 0.6 is 11.6 Å². The molecule has 0 aliphatic rings. The van der Waals surface area contributed by atoms with Crippen LogP contribution in [-0.4, -0.2) is 21.0 Å². The third kappa shape index (κ3) is 1.57. The number of rotatable bonds is 1. The molecule has 76 valence electrons. The van der Waals surface area contributed by atoms with Crippen LogP contribution in [0.25, 0.3) is 11.0 Å². The molecule has 0 saturated carbocycles. The van der Waals surface area contributed by atoms with Crippen molar-refractivity contribution >= 4 is 28.6 Å². The molecule has 0 spiro atoms. The Balaban J connectivity index is 2.86. The standard InChI is InChI=1S/C9H5ClN2O3/c10-4-1-6-7(12-2-4)8(13)5(3-11-6)9(14)15/h1-3H,(H,11,13)(H,14,15). The molecule has 2 rings (SSSR count). The normalized spacial score (nSPS) is 10.5. The van der Waals surface area contributed by atoms with Gasteiger partial charge in [0.2, 0.25) is 5.43 Å². The minimum Gasteiger partial charge on any atom is -0.477 e. The summed E-state index contributed by atoms with van der Waals surface area (Å²) in [5.74, 6) is -1.28. The zero-order valence-corrected chi connectivity index (χ0v) is 8.08. The smallest absolute Gasteiger partial charge is 0.341 e. The Kier molecular flexibility index (Phi) is 2.17. The molecule has 0 radical (unpaired) electrons. The first-order chi connectivity index (χ1) is 7.09. The number of fused-ring (bicyclic) bond motifs is 1. The number of aromatic carboxylic acids is 1. The molecule has 0 saturated heterocycles. The van der Waals surface area contributed by atoms with Gasteiger partial charge in [-0.3, -0.25) is 4.79 Å². The van der Waals surface area contributed by atoms with E-state index in [2.05, 4.69) is 9.97 Å². The number of carboxylic acid groups (broad SMARTS) is 1. The number of nitrogens with zero attached hydrogens (tertiary/aromatic N) is 1. The van der Waals surface area contributed by atoms with Crippen LogP contribution in [-0.2, 0) is 0 Å². The highest BCUT2D eigenvalue weighted by Crippen LogP contribution is 2.12. The Hall–Kier alpha value is -1.88. The maximum absolute atomic E-state index is 11.6. The number of carbonyl (C=O) groups is 1. The first kappa shape index (κ1) is 9.67. The summed E-state index contributed by atoms with van der Waals surface area (Å²) >= 11 is 5.67. The van der Waals surface area contributed by atoms with Crippen molar-refractivity contribution in [1.29, 1.82) is 0 Å². The number of H-pyrrole nitrogens is 1. The van der Waals surface area contributed by atoms with Gasteiger partial charge in [0.15, 0.2) is 0 Å². The molecule has 2 aromatic heterocycles. The van der Waals surface area contributed by atoms with Gasteiger partial charge in [-0.25, -0.2) is 9.78 Å². The largest absolute Gasteiger partial charge is 0.477 e. The average Bonchev–Trinajstić information content (AvgIpc) is 2.17. The van der Waals surface area contributed by atoms with E-state index in [-0.39, 0.29) is 11.1 Å². The minimum atomic E-state index is -1.28. The van der Waals surface area contributed by atoms with Crippen LogP contribution in [0.4, 0.5) is 0 Å². The minimum absolute atomic E-state index is 0.0688. The molecule has 15 heavy (non-hydrogen) atoms. The van der Waals surface area contributed by atoms with E-state index in [9.17, 15) is 9.59 Å². The Bertz CT molecular complexity index is 606. The summed E-state index contributed by atoms with van der Waals surface area (Å²) in [7, 11) is 0. The van der Waals surface area contributed by atoms with Gasteiger partial charge in [-0.05, 0) is 6.07 Å². The van der Waals surface area contributed by atoms with E-state index in [1.807, 2.05) is 0 Å². The van der Waals surface area contributed by atoms with E-state index in [1.165, 1.54) is 12.3 Å². The Labute approximate surface area is 88.3 Å². The van der Waals surface area contributed by atoms with E-state index in [1.54, 1.807) is 0 Å². The quantitative estimate of drug-likeness (QED) is 0.764. The molecular weight excluding hydrogens is 220 g/mol. The number of nitrogens with one attached hydrogen (secondary N) is 1. The van der Waals surface area contributed by atoms with Crippen LogP contribution in [0.1, 0.15) is 10.4 Å². The number of carboxylic acids is 1. The maximum Gasteiger partial charge on any atom is 0.341 e. The topological polar surface area (TPSA) is 83.0 Å². The zero-order chi connectivity index (χ0) is 11.0. The monoisotopic (exact) mass is 224 g/mol. The van der Waals surface area contributed by atoms with Crippen LogP contribution < -0.4 is 5.43 Å². The predicted octanol–water partition coefficient (Wildman–Crippen LogP) is 1.27. The number of aromatic nitrogens is 2. The summed E-state index contributed by atoms with van der Waals surface area (Å²) in [4.78, 5) is 28.7. The zero-order valence-electron chi connectivity index (χ0n) is 7.32. The van der Waals surface area contributed by atoms with Crippen molar-refractivity contribution in [1.82, 2.24) is 9.97 Å². The number of pyridine rings is 2. The molecule has 2 N–H and O–H groups in total. The van der Waals surface area contributed by atoms with Gasteiger partial charge < -0.3 is 10.1 Å². The van der Waals surface area contributed by atoms with Crippen LogP contribution in [0.3, 0.4) is 0 Å². The van der Waals surface area contributed by atoms with Gasteiger partial charge in [0, 0.05) is 12.4 Å². The summed E-state index contributed by atoms with van der Waals surface area (Å²) in [6, 6.07) is 1.51. The number of hydrogen-bond donors (Lipinski definition) is 2. The van der Waals surface area contributed by atoms with Crippen molar-refractivity contribution in [2.45, 2.75) is 0 Å². The van der Waals surface area contributed by atoms with E-state index >= 15 is 0 Å². The summed E-state index contributed by atoms with van der Waals surface area (Å²) in [6.07, 6.45) is 2.43.